The Morgan fingerprint density at radius 2 is 1.55 bits per heavy atom. The molecule has 5 N–H and O–H groups in total. The molecule has 0 aliphatic heterocycles. The van der Waals surface area contributed by atoms with Crippen LogP contribution in [-0.2, 0) is 30.4 Å². The van der Waals surface area contributed by atoms with Crippen molar-refractivity contribution in [1.82, 2.24) is 0 Å². The number of anilines is 2. The zero-order valence-corrected chi connectivity index (χ0v) is 17.4. The summed E-state index contributed by atoms with van der Waals surface area (Å²) in [6.45, 7) is 2.92. The van der Waals surface area contributed by atoms with Crippen molar-refractivity contribution in [1.29, 1.82) is 0 Å². The molecule has 2 atom stereocenters. The standard InChI is InChI=1S/C22H26N2O7/c1-13(19-17(20(25)26)4-3-5-18(19)24)21(27)29-10-11-30-22(28)14(2)31-12-15-6-8-16(23)9-7-15/h3-9,13-14H,10-12,23-24H2,1-2H3,(H,25,26)/t13-,14+/m0/s1. The first-order valence-electron chi connectivity index (χ1n) is 9.61. The summed E-state index contributed by atoms with van der Waals surface area (Å²) in [5.74, 6) is -3.36. The van der Waals surface area contributed by atoms with E-state index in [9.17, 15) is 19.5 Å². The number of nitrogens with two attached hydrogens (primary N) is 2. The Kier molecular flexibility index (Phi) is 8.39. The Hall–Kier alpha value is -3.59. The lowest BCUT2D eigenvalue weighted by Gasteiger charge is -2.17. The van der Waals surface area contributed by atoms with E-state index in [2.05, 4.69) is 0 Å². The van der Waals surface area contributed by atoms with Crippen LogP contribution in [0.15, 0.2) is 42.5 Å². The highest BCUT2D eigenvalue weighted by molar-refractivity contribution is 5.94. The fourth-order valence-electron chi connectivity index (χ4n) is 2.80. The molecule has 166 valence electrons. The van der Waals surface area contributed by atoms with Crippen LogP contribution in [0.1, 0.15) is 41.3 Å². The highest BCUT2D eigenvalue weighted by atomic mass is 16.6. The van der Waals surface area contributed by atoms with E-state index in [4.69, 9.17) is 25.7 Å². The second-order valence-electron chi connectivity index (χ2n) is 6.87. The molecule has 0 saturated carbocycles. The monoisotopic (exact) mass is 430 g/mol. The third kappa shape index (κ3) is 6.71. The van der Waals surface area contributed by atoms with Gasteiger partial charge in [-0.25, -0.2) is 9.59 Å². The zero-order valence-electron chi connectivity index (χ0n) is 17.4. The van der Waals surface area contributed by atoms with Crippen molar-refractivity contribution in [3.63, 3.8) is 0 Å². The van der Waals surface area contributed by atoms with Crippen molar-refractivity contribution >= 4 is 29.3 Å². The summed E-state index contributed by atoms with van der Waals surface area (Å²) >= 11 is 0. The van der Waals surface area contributed by atoms with Gasteiger partial charge in [-0.05, 0) is 43.7 Å². The molecule has 0 fully saturated rings. The number of benzene rings is 2. The smallest absolute Gasteiger partial charge is 0.336 e. The Morgan fingerprint density at radius 3 is 2.16 bits per heavy atom. The third-order valence-corrected chi connectivity index (χ3v) is 4.54. The summed E-state index contributed by atoms with van der Waals surface area (Å²) in [4.78, 5) is 35.7. The maximum Gasteiger partial charge on any atom is 0.336 e. The van der Waals surface area contributed by atoms with Gasteiger partial charge in [0.1, 0.15) is 13.2 Å². The molecule has 2 rings (SSSR count). The number of hydrogen-bond acceptors (Lipinski definition) is 8. The Bertz CT molecular complexity index is 928. The van der Waals surface area contributed by atoms with Crippen molar-refractivity contribution in [3.8, 4) is 0 Å². The number of rotatable bonds is 10. The lowest BCUT2D eigenvalue weighted by atomic mass is 9.94. The average Bonchev–Trinajstić information content (AvgIpc) is 2.75. The SMILES string of the molecule is C[C@H](C(=O)OCCOC(=O)[C@@H](C)OCc1ccc(N)cc1)c1c(N)cccc1C(=O)O. The minimum absolute atomic E-state index is 0.0667. The van der Waals surface area contributed by atoms with Crippen LogP contribution in [0.4, 0.5) is 11.4 Å². The zero-order chi connectivity index (χ0) is 23.0. The molecule has 31 heavy (non-hydrogen) atoms. The number of hydrogen-bond donors (Lipinski definition) is 3. The van der Waals surface area contributed by atoms with Crippen molar-refractivity contribution in [3.05, 3.63) is 59.2 Å². The van der Waals surface area contributed by atoms with Gasteiger partial charge >= 0.3 is 17.9 Å². The van der Waals surface area contributed by atoms with E-state index in [0.29, 0.717) is 5.69 Å². The second-order valence-corrected chi connectivity index (χ2v) is 6.87. The van der Waals surface area contributed by atoms with Gasteiger partial charge in [-0.2, -0.15) is 0 Å². The van der Waals surface area contributed by atoms with Crippen molar-refractivity contribution in [2.45, 2.75) is 32.5 Å². The average molecular weight is 430 g/mol. The van der Waals surface area contributed by atoms with Gasteiger partial charge in [-0.3, -0.25) is 4.79 Å². The fraction of sp³-hybridized carbons (Fsp3) is 0.318. The molecule has 2 aromatic carbocycles. The summed E-state index contributed by atoms with van der Waals surface area (Å²) in [5, 5.41) is 9.29. The van der Waals surface area contributed by atoms with Gasteiger partial charge in [0.2, 0.25) is 0 Å². The Morgan fingerprint density at radius 1 is 0.935 bits per heavy atom. The van der Waals surface area contributed by atoms with Gasteiger partial charge in [0.15, 0.2) is 6.10 Å². The number of carboxylic acids is 1. The molecule has 0 spiro atoms. The number of nitrogen functional groups attached to an aromatic ring is 2. The van der Waals surface area contributed by atoms with E-state index in [1.807, 2.05) is 0 Å². The molecule has 0 amide bonds. The second kappa shape index (κ2) is 11.0. The molecule has 2 aromatic rings. The number of carboxylic acid groups (broad SMARTS) is 1. The van der Waals surface area contributed by atoms with Crippen LogP contribution in [-0.4, -0.2) is 42.3 Å². The van der Waals surface area contributed by atoms with E-state index in [0.717, 1.165) is 5.56 Å². The predicted octanol–water partition coefficient (Wildman–Crippen LogP) is 2.34. The highest BCUT2D eigenvalue weighted by Gasteiger charge is 2.25. The first-order valence-corrected chi connectivity index (χ1v) is 9.61. The third-order valence-electron chi connectivity index (χ3n) is 4.54. The summed E-state index contributed by atoms with van der Waals surface area (Å²) in [7, 11) is 0. The minimum atomic E-state index is -1.19. The van der Waals surface area contributed by atoms with E-state index in [1.54, 1.807) is 31.2 Å². The molecule has 9 heteroatoms. The minimum Gasteiger partial charge on any atom is -0.478 e. The van der Waals surface area contributed by atoms with E-state index < -0.39 is 29.9 Å². The molecule has 0 radical (unpaired) electrons. The molecule has 0 aromatic heterocycles. The first kappa shape index (κ1) is 23.7. The van der Waals surface area contributed by atoms with Gasteiger partial charge in [0.25, 0.3) is 0 Å². The van der Waals surface area contributed by atoms with E-state index in [1.165, 1.54) is 25.1 Å². The van der Waals surface area contributed by atoms with Gasteiger partial charge in [0.05, 0.1) is 18.1 Å². The van der Waals surface area contributed by atoms with Crippen LogP contribution < -0.4 is 11.5 Å². The van der Waals surface area contributed by atoms with E-state index >= 15 is 0 Å². The molecule has 0 bridgehead atoms. The van der Waals surface area contributed by atoms with Gasteiger partial charge in [0, 0.05) is 16.9 Å². The number of aromatic carboxylic acids is 1. The maximum absolute atomic E-state index is 12.3. The number of carbonyl (C=O) groups excluding carboxylic acids is 2. The predicted molar refractivity (Wildman–Crippen MR) is 113 cm³/mol. The quantitative estimate of drug-likeness (QED) is 0.293. The molecule has 0 heterocycles. The van der Waals surface area contributed by atoms with Gasteiger partial charge in [-0.15, -0.1) is 0 Å². The lowest BCUT2D eigenvalue weighted by molar-refractivity contribution is -0.161. The Labute approximate surface area is 179 Å². The largest absolute Gasteiger partial charge is 0.478 e. The van der Waals surface area contributed by atoms with Crippen LogP contribution >= 0.6 is 0 Å². The normalized spacial score (nSPS) is 12.6. The lowest BCUT2D eigenvalue weighted by Crippen LogP contribution is -2.26. The van der Waals surface area contributed by atoms with Crippen LogP contribution in [0.5, 0.6) is 0 Å². The van der Waals surface area contributed by atoms with Crippen molar-refractivity contribution < 1.29 is 33.7 Å². The van der Waals surface area contributed by atoms with Gasteiger partial charge in [-0.1, -0.05) is 18.2 Å². The molecule has 0 unspecified atom stereocenters. The van der Waals surface area contributed by atoms with Crippen LogP contribution in [0.3, 0.4) is 0 Å². The molecule has 9 nitrogen and oxygen atoms in total. The molecular weight excluding hydrogens is 404 g/mol. The molecule has 0 aliphatic carbocycles. The van der Waals surface area contributed by atoms with Crippen molar-refractivity contribution in [2.24, 2.45) is 0 Å². The van der Waals surface area contributed by atoms with Gasteiger partial charge < -0.3 is 30.8 Å². The number of ether oxygens (including phenoxy) is 3. The van der Waals surface area contributed by atoms with Crippen LogP contribution in [0, 0.1) is 0 Å². The number of carbonyl (C=O) groups is 3. The van der Waals surface area contributed by atoms with Crippen LogP contribution in [0.2, 0.25) is 0 Å². The summed E-state index contributed by atoms with van der Waals surface area (Å²) in [6, 6.07) is 11.4. The Balaban J connectivity index is 1.77. The summed E-state index contributed by atoms with van der Waals surface area (Å²) < 4.78 is 15.6. The first-order chi connectivity index (χ1) is 14.7. The highest BCUT2D eigenvalue weighted by Crippen LogP contribution is 2.27. The van der Waals surface area contributed by atoms with E-state index in [-0.39, 0.29) is 36.6 Å². The maximum atomic E-state index is 12.3. The molecule has 0 aliphatic rings. The topological polar surface area (TPSA) is 151 Å². The summed E-state index contributed by atoms with van der Waals surface area (Å²) in [6.07, 6.45) is -0.811. The molecule has 0 saturated heterocycles. The summed E-state index contributed by atoms with van der Waals surface area (Å²) in [5.41, 5.74) is 13.3. The fourth-order valence-corrected chi connectivity index (χ4v) is 2.80. The number of esters is 2. The van der Waals surface area contributed by atoms with Crippen molar-refractivity contribution in [2.75, 3.05) is 24.7 Å². The molecular formula is C22H26N2O7. The van der Waals surface area contributed by atoms with Crippen LogP contribution in [0.25, 0.3) is 0 Å².